The Kier molecular flexibility index (Phi) is 5.34. The third-order valence-corrected chi connectivity index (χ3v) is 6.03. The van der Waals surface area contributed by atoms with Crippen molar-refractivity contribution < 1.29 is 8.95 Å². The van der Waals surface area contributed by atoms with E-state index >= 15 is 0 Å². The molecule has 6 nitrogen and oxygen atoms in total. The molecule has 0 unspecified atom stereocenters. The van der Waals surface area contributed by atoms with Gasteiger partial charge in [-0.15, -0.1) is 0 Å². The summed E-state index contributed by atoms with van der Waals surface area (Å²) >= 11 is 6.28. The van der Waals surface area contributed by atoms with Crippen molar-refractivity contribution in [2.75, 3.05) is 37.1 Å². The molecule has 0 saturated carbocycles. The standard InChI is InChI=1S/C17H23ClN4O2S/c1-24-16-10-15-13(9-14(16)18)17(21-11-20-15)22-6-3-12(4-7-22)5-8-25(2,19)23/h9-12,19H,3-8H2,1-2H3/t25-/m0/s1. The molecule has 2 heterocycles. The van der Waals surface area contributed by atoms with Crippen LogP contribution in [0.2, 0.25) is 5.02 Å². The first kappa shape index (κ1) is 18.2. The fourth-order valence-electron chi connectivity index (χ4n) is 3.28. The minimum atomic E-state index is -2.39. The molecule has 1 aromatic heterocycles. The lowest BCUT2D eigenvalue weighted by Gasteiger charge is -2.33. The number of fused-ring (bicyclic) bond motifs is 1. The molecule has 1 aromatic carbocycles. The van der Waals surface area contributed by atoms with Crippen molar-refractivity contribution in [2.45, 2.75) is 19.3 Å². The molecule has 0 spiro atoms. The summed E-state index contributed by atoms with van der Waals surface area (Å²) in [5.74, 6) is 2.52. The Hall–Kier alpha value is -1.60. The highest BCUT2D eigenvalue weighted by Gasteiger charge is 2.22. The predicted octanol–water partition coefficient (Wildman–Crippen LogP) is 3.57. The van der Waals surface area contributed by atoms with Crippen molar-refractivity contribution in [3.63, 3.8) is 0 Å². The summed E-state index contributed by atoms with van der Waals surface area (Å²) < 4.78 is 24.4. The lowest BCUT2D eigenvalue weighted by Crippen LogP contribution is -2.34. The second kappa shape index (κ2) is 7.33. The van der Waals surface area contributed by atoms with E-state index in [0.717, 1.165) is 49.1 Å². The first-order chi connectivity index (χ1) is 11.9. The van der Waals surface area contributed by atoms with Crippen LogP contribution >= 0.6 is 11.6 Å². The van der Waals surface area contributed by atoms with Gasteiger partial charge in [0.2, 0.25) is 0 Å². The van der Waals surface area contributed by atoms with Gasteiger partial charge in [-0.05, 0) is 31.2 Å². The summed E-state index contributed by atoms with van der Waals surface area (Å²) in [6.45, 7) is 1.78. The Bertz CT molecular complexity index is 864. The zero-order valence-electron chi connectivity index (χ0n) is 14.5. The molecule has 1 saturated heterocycles. The van der Waals surface area contributed by atoms with E-state index < -0.39 is 9.73 Å². The number of benzene rings is 1. The summed E-state index contributed by atoms with van der Waals surface area (Å²) in [7, 11) is -0.801. The molecule has 0 radical (unpaired) electrons. The normalized spacial score (nSPS) is 18.3. The Morgan fingerprint density at radius 1 is 1.36 bits per heavy atom. The largest absolute Gasteiger partial charge is 0.495 e. The summed E-state index contributed by atoms with van der Waals surface area (Å²) in [4.78, 5) is 11.1. The van der Waals surface area contributed by atoms with Gasteiger partial charge in [-0.2, -0.15) is 0 Å². The molecule has 25 heavy (non-hydrogen) atoms. The molecule has 3 rings (SSSR count). The zero-order chi connectivity index (χ0) is 18.0. The van der Waals surface area contributed by atoms with E-state index in [1.165, 1.54) is 6.26 Å². The van der Waals surface area contributed by atoms with E-state index in [0.29, 0.717) is 22.4 Å². The third-order valence-electron chi connectivity index (χ3n) is 4.72. The number of piperidine rings is 1. The van der Waals surface area contributed by atoms with Gasteiger partial charge in [0.1, 0.15) is 17.9 Å². The Balaban J connectivity index is 1.76. The van der Waals surface area contributed by atoms with Crippen LogP contribution in [0, 0.1) is 10.7 Å². The highest BCUT2D eigenvalue weighted by Crippen LogP contribution is 2.34. The Morgan fingerprint density at radius 3 is 2.72 bits per heavy atom. The second-order valence-electron chi connectivity index (χ2n) is 6.63. The molecular formula is C17H23ClN4O2S. The molecule has 8 heteroatoms. The van der Waals surface area contributed by atoms with Gasteiger partial charge in [-0.3, -0.25) is 8.99 Å². The molecule has 136 valence electrons. The molecule has 0 aliphatic carbocycles. The van der Waals surface area contributed by atoms with E-state index in [9.17, 15) is 4.21 Å². The van der Waals surface area contributed by atoms with Crippen molar-refractivity contribution in [2.24, 2.45) is 5.92 Å². The fraction of sp³-hybridized carbons (Fsp3) is 0.529. The van der Waals surface area contributed by atoms with Crippen LogP contribution in [0.5, 0.6) is 5.75 Å². The van der Waals surface area contributed by atoms with Crippen LogP contribution in [0.3, 0.4) is 0 Å². The molecule has 1 N–H and O–H groups in total. The maximum absolute atomic E-state index is 11.6. The number of ether oxygens (including phenoxy) is 1. The zero-order valence-corrected chi connectivity index (χ0v) is 16.1. The van der Waals surface area contributed by atoms with Crippen LogP contribution in [0.1, 0.15) is 19.3 Å². The average Bonchev–Trinajstić information content (AvgIpc) is 2.59. The highest BCUT2D eigenvalue weighted by atomic mass is 35.5. The second-order valence-corrected chi connectivity index (χ2v) is 9.45. The van der Waals surface area contributed by atoms with Crippen molar-refractivity contribution in [1.29, 1.82) is 4.78 Å². The van der Waals surface area contributed by atoms with Crippen molar-refractivity contribution in [3.05, 3.63) is 23.5 Å². The quantitative estimate of drug-likeness (QED) is 0.854. The van der Waals surface area contributed by atoms with Crippen LogP contribution in [0.4, 0.5) is 5.82 Å². The van der Waals surface area contributed by atoms with E-state index in [1.54, 1.807) is 13.4 Å². The fourth-order valence-corrected chi connectivity index (χ4v) is 4.30. The molecule has 1 atom stereocenters. The number of methoxy groups -OCH3 is 1. The van der Waals surface area contributed by atoms with E-state index in [4.69, 9.17) is 21.1 Å². The first-order valence-electron chi connectivity index (χ1n) is 8.32. The number of hydrogen-bond donors (Lipinski definition) is 1. The topological polar surface area (TPSA) is 79.2 Å². The van der Waals surface area contributed by atoms with Gasteiger partial charge in [0.05, 0.1) is 17.6 Å². The molecule has 0 bridgehead atoms. The number of halogens is 1. The molecule has 2 aromatic rings. The van der Waals surface area contributed by atoms with E-state index in [1.807, 2.05) is 12.1 Å². The maximum atomic E-state index is 11.6. The van der Waals surface area contributed by atoms with Gasteiger partial charge >= 0.3 is 0 Å². The first-order valence-corrected chi connectivity index (χ1v) is 10.8. The average molecular weight is 383 g/mol. The number of nitrogens with zero attached hydrogens (tertiary/aromatic N) is 3. The monoisotopic (exact) mass is 382 g/mol. The van der Waals surface area contributed by atoms with Gasteiger partial charge in [-0.25, -0.2) is 9.97 Å². The Morgan fingerprint density at radius 2 is 2.08 bits per heavy atom. The SMILES string of the molecule is COc1cc2ncnc(N3CCC(CC[S@@](C)(=N)=O)CC3)c2cc1Cl. The molecular weight excluding hydrogens is 360 g/mol. The third kappa shape index (κ3) is 4.33. The molecule has 1 fully saturated rings. The number of hydrogen-bond acceptors (Lipinski definition) is 6. The molecule has 0 amide bonds. The van der Waals surface area contributed by atoms with Gasteiger partial charge in [0.25, 0.3) is 0 Å². The summed E-state index contributed by atoms with van der Waals surface area (Å²) in [6.07, 6.45) is 5.99. The van der Waals surface area contributed by atoms with Crippen molar-refractivity contribution in [1.82, 2.24) is 9.97 Å². The summed E-state index contributed by atoms with van der Waals surface area (Å²) in [5.41, 5.74) is 0.813. The lowest BCUT2D eigenvalue weighted by atomic mass is 9.94. The van der Waals surface area contributed by atoms with Gasteiger partial charge in [-0.1, -0.05) is 11.6 Å². The van der Waals surface area contributed by atoms with Crippen LogP contribution in [0.15, 0.2) is 18.5 Å². The van der Waals surface area contributed by atoms with Crippen molar-refractivity contribution >= 4 is 38.1 Å². The Labute approximate surface area is 153 Å². The predicted molar refractivity (Wildman–Crippen MR) is 102 cm³/mol. The summed E-state index contributed by atoms with van der Waals surface area (Å²) in [5, 5.41) is 1.48. The lowest BCUT2D eigenvalue weighted by molar-refractivity contribution is 0.395. The van der Waals surface area contributed by atoms with Gasteiger partial charge in [0, 0.05) is 46.3 Å². The number of aromatic nitrogens is 2. The van der Waals surface area contributed by atoms with E-state index in [2.05, 4.69) is 14.9 Å². The summed E-state index contributed by atoms with van der Waals surface area (Å²) in [6, 6.07) is 3.70. The van der Waals surface area contributed by atoms with Crippen LogP contribution in [-0.4, -0.2) is 46.4 Å². The molecule has 1 aliphatic rings. The smallest absolute Gasteiger partial charge is 0.139 e. The number of nitrogens with one attached hydrogen (secondary N) is 1. The van der Waals surface area contributed by atoms with Crippen LogP contribution < -0.4 is 9.64 Å². The highest BCUT2D eigenvalue weighted by molar-refractivity contribution is 7.91. The minimum absolute atomic E-state index is 0.490. The van der Waals surface area contributed by atoms with Crippen LogP contribution in [-0.2, 0) is 9.73 Å². The maximum Gasteiger partial charge on any atom is 0.139 e. The number of anilines is 1. The minimum Gasteiger partial charge on any atom is -0.495 e. The van der Waals surface area contributed by atoms with E-state index in [-0.39, 0.29) is 0 Å². The number of rotatable bonds is 5. The molecule has 1 aliphatic heterocycles. The van der Waals surface area contributed by atoms with Crippen molar-refractivity contribution in [3.8, 4) is 5.75 Å². The van der Waals surface area contributed by atoms with Gasteiger partial charge < -0.3 is 9.64 Å². The van der Waals surface area contributed by atoms with Gasteiger partial charge in [0.15, 0.2) is 0 Å². The van der Waals surface area contributed by atoms with Crippen LogP contribution in [0.25, 0.3) is 10.9 Å².